The van der Waals surface area contributed by atoms with Gasteiger partial charge in [0.15, 0.2) is 0 Å². The summed E-state index contributed by atoms with van der Waals surface area (Å²) in [5.74, 6) is -0.314. The third kappa shape index (κ3) is 9.87. The van der Waals surface area contributed by atoms with Crippen LogP contribution in [0.1, 0.15) is 65.2 Å². The lowest BCUT2D eigenvalue weighted by atomic mass is 9.79. The van der Waals surface area contributed by atoms with Gasteiger partial charge in [-0.05, 0) is 50.4 Å². The van der Waals surface area contributed by atoms with Crippen molar-refractivity contribution in [3.63, 3.8) is 0 Å². The maximum absolute atomic E-state index is 12.5. The van der Waals surface area contributed by atoms with Crippen LogP contribution in [-0.2, 0) is 28.5 Å². The largest absolute Gasteiger partial charge is 0.465 e. The molecule has 6 heteroatoms. The fraction of sp³-hybridized carbons (Fsp3) is 0.909. The van der Waals surface area contributed by atoms with E-state index in [1.807, 2.05) is 0 Å². The molecule has 0 spiro atoms. The number of methoxy groups -OCH3 is 2. The molecule has 164 valence electrons. The molecule has 1 fully saturated rings. The van der Waals surface area contributed by atoms with E-state index in [9.17, 15) is 9.59 Å². The Bertz CT molecular complexity index is 399. The Morgan fingerprint density at radius 2 is 1.07 bits per heavy atom. The lowest BCUT2D eigenvalue weighted by Crippen LogP contribution is -2.35. The molecule has 0 aromatic carbocycles. The van der Waals surface area contributed by atoms with Gasteiger partial charge in [-0.1, -0.05) is 26.7 Å². The SMILES string of the molecule is COCCC(C)CCOC(=O)C1CCCCC1C(=O)OCCC(C)CCOC. The number of hydrogen-bond acceptors (Lipinski definition) is 6. The lowest BCUT2D eigenvalue weighted by molar-refractivity contribution is -0.163. The van der Waals surface area contributed by atoms with Gasteiger partial charge in [0.2, 0.25) is 0 Å². The van der Waals surface area contributed by atoms with Crippen molar-refractivity contribution >= 4 is 11.9 Å². The highest BCUT2D eigenvalue weighted by Gasteiger charge is 2.37. The molecule has 1 saturated carbocycles. The predicted molar refractivity (Wildman–Crippen MR) is 108 cm³/mol. The van der Waals surface area contributed by atoms with Crippen LogP contribution in [0.3, 0.4) is 0 Å². The maximum atomic E-state index is 12.5. The van der Waals surface area contributed by atoms with Gasteiger partial charge in [-0.25, -0.2) is 0 Å². The standard InChI is InChI=1S/C22H40O6/c1-17(9-13-25-3)11-15-27-21(23)19-7-5-6-8-20(19)22(24)28-16-12-18(2)10-14-26-4/h17-20H,5-16H2,1-4H3. The molecule has 0 amide bonds. The zero-order valence-electron chi connectivity index (χ0n) is 18.2. The number of esters is 2. The minimum Gasteiger partial charge on any atom is -0.465 e. The molecule has 0 N–H and O–H groups in total. The van der Waals surface area contributed by atoms with Crippen LogP contribution in [0.5, 0.6) is 0 Å². The first kappa shape index (κ1) is 24.9. The van der Waals surface area contributed by atoms with Gasteiger partial charge >= 0.3 is 11.9 Å². The first-order chi connectivity index (χ1) is 13.5. The Kier molecular flexibility index (Phi) is 13.2. The quantitative estimate of drug-likeness (QED) is 0.410. The van der Waals surface area contributed by atoms with Gasteiger partial charge in [-0.3, -0.25) is 9.59 Å². The molecule has 4 unspecified atom stereocenters. The minimum atomic E-state index is -0.360. The molecule has 0 bridgehead atoms. The summed E-state index contributed by atoms with van der Waals surface area (Å²) in [6.07, 6.45) is 6.88. The Balaban J connectivity index is 2.38. The van der Waals surface area contributed by atoms with Crippen molar-refractivity contribution in [3.05, 3.63) is 0 Å². The van der Waals surface area contributed by atoms with Gasteiger partial charge in [-0.15, -0.1) is 0 Å². The van der Waals surface area contributed by atoms with Crippen LogP contribution in [0.15, 0.2) is 0 Å². The van der Waals surface area contributed by atoms with Crippen molar-refractivity contribution in [2.75, 3.05) is 40.6 Å². The number of carbonyl (C=O) groups is 2. The zero-order chi connectivity index (χ0) is 20.8. The smallest absolute Gasteiger partial charge is 0.309 e. The molecule has 0 aromatic heterocycles. The van der Waals surface area contributed by atoms with E-state index >= 15 is 0 Å². The summed E-state index contributed by atoms with van der Waals surface area (Å²) >= 11 is 0. The normalized spacial score (nSPS) is 21.7. The van der Waals surface area contributed by atoms with Gasteiger partial charge in [0, 0.05) is 27.4 Å². The molecule has 1 rings (SSSR count). The fourth-order valence-corrected chi connectivity index (χ4v) is 3.56. The monoisotopic (exact) mass is 400 g/mol. The van der Waals surface area contributed by atoms with E-state index in [0.29, 0.717) is 37.9 Å². The third-order valence-corrected chi connectivity index (χ3v) is 5.71. The first-order valence-corrected chi connectivity index (χ1v) is 10.8. The molecule has 28 heavy (non-hydrogen) atoms. The van der Waals surface area contributed by atoms with E-state index in [-0.39, 0.29) is 23.8 Å². The Labute approximate surface area is 170 Å². The second-order valence-corrected chi connectivity index (χ2v) is 8.18. The summed E-state index contributed by atoms with van der Waals surface area (Å²) < 4.78 is 21.1. The van der Waals surface area contributed by atoms with Crippen LogP contribution in [0.2, 0.25) is 0 Å². The molecule has 0 heterocycles. The van der Waals surface area contributed by atoms with Crippen molar-refractivity contribution < 1.29 is 28.5 Å². The van der Waals surface area contributed by atoms with E-state index in [1.54, 1.807) is 14.2 Å². The van der Waals surface area contributed by atoms with Gasteiger partial charge < -0.3 is 18.9 Å². The van der Waals surface area contributed by atoms with Crippen molar-refractivity contribution in [2.45, 2.75) is 65.2 Å². The average molecular weight is 401 g/mol. The summed E-state index contributed by atoms with van der Waals surface area (Å²) in [5.41, 5.74) is 0. The Morgan fingerprint density at radius 1 is 0.714 bits per heavy atom. The van der Waals surface area contributed by atoms with Crippen molar-refractivity contribution in [3.8, 4) is 0 Å². The van der Waals surface area contributed by atoms with Crippen molar-refractivity contribution in [1.29, 1.82) is 0 Å². The van der Waals surface area contributed by atoms with E-state index < -0.39 is 0 Å². The van der Waals surface area contributed by atoms with Gasteiger partial charge in [0.05, 0.1) is 25.0 Å². The average Bonchev–Trinajstić information content (AvgIpc) is 2.70. The number of hydrogen-bond donors (Lipinski definition) is 0. The van der Waals surface area contributed by atoms with Gasteiger partial charge in [0.1, 0.15) is 0 Å². The molecule has 1 aliphatic rings. The molecule has 0 aromatic rings. The zero-order valence-corrected chi connectivity index (χ0v) is 18.2. The van der Waals surface area contributed by atoms with Crippen LogP contribution in [0.4, 0.5) is 0 Å². The molecule has 0 radical (unpaired) electrons. The van der Waals surface area contributed by atoms with Crippen molar-refractivity contribution in [2.24, 2.45) is 23.7 Å². The molecular weight excluding hydrogens is 360 g/mol. The van der Waals surface area contributed by atoms with Crippen LogP contribution in [0, 0.1) is 23.7 Å². The highest BCUT2D eigenvalue weighted by molar-refractivity contribution is 5.82. The number of carbonyl (C=O) groups excluding carboxylic acids is 2. The third-order valence-electron chi connectivity index (χ3n) is 5.71. The first-order valence-electron chi connectivity index (χ1n) is 10.8. The molecule has 0 saturated heterocycles. The van der Waals surface area contributed by atoms with Gasteiger partial charge in [0.25, 0.3) is 0 Å². The molecular formula is C22H40O6. The maximum Gasteiger partial charge on any atom is 0.309 e. The Morgan fingerprint density at radius 3 is 1.43 bits per heavy atom. The van der Waals surface area contributed by atoms with E-state index in [2.05, 4.69) is 13.8 Å². The second-order valence-electron chi connectivity index (χ2n) is 8.18. The summed E-state index contributed by atoms with van der Waals surface area (Å²) in [6, 6.07) is 0. The number of rotatable bonds is 14. The van der Waals surface area contributed by atoms with E-state index in [1.165, 1.54) is 0 Å². The summed E-state index contributed by atoms with van der Waals surface area (Å²) in [4.78, 5) is 25.1. The van der Waals surface area contributed by atoms with Crippen molar-refractivity contribution in [1.82, 2.24) is 0 Å². The highest BCUT2D eigenvalue weighted by Crippen LogP contribution is 2.32. The van der Waals surface area contributed by atoms with E-state index in [4.69, 9.17) is 18.9 Å². The molecule has 4 atom stereocenters. The lowest BCUT2D eigenvalue weighted by Gasteiger charge is -2.28. The minimum absolute atomic E-state index is 0.242. The second kappa shape index (κ2) is 14.8. The van der Waals surface area contributed by atoms with Crippen LogP contribution < -0.4 is 0 Å². The van der Waals surface area contributed by atoms with Crippen LogP contribution in [-0.4, -0.2) is 52.6 Å². The molecule has 1 aliphatic carbocycles. The van der Waals surface area contributed by atoms with Crippen LogP contribution in [0.25, 0.3) is 0 Å². The number of ether oxygens (including phenoxy) is 4. The van der Waals surface area contributed by atoms with Gasteiger partial charge in [-0.2, -0.15) is 0 Å². The topological polar surface area (TPSA) is 71.1 Å². The summed E-state index contributed by atoms with van der Waals surface area (Å²) in [5, 5.41) is 0. The molecule has 6 nitrogen and oxygen atoms in total. The van der Waals surface area contributed by atoms with Crippen LogP contribution >= 0.6 is 0 Å². The fourth-order valence-electron chi connectivity index (χ4n) is 3.56. The summed E-state index contributed by atoms with van der Waals surface area (Å²) in [6.45, 7) is 6.49. The predicted octanol–water partition coefficient (Wildman–Crippen LogP) is 4.00. The van der Waals surface area contributed by atoms with E-state index in [0.717, 1.165) is 51.7 Å². The Hall–Kier alpha value is -1.14. The summed E-state index contributed by atoms with van der Waals surface area (Å²) in [7, 11) is 3.38. The molecule has 0 aliphatic heterocycles. The highest BCUT2D eigenvalue weighted by atomic mass is 16.5.